The molecule has 0 aliphatic heterocycles. The number of pyridine rings is 1. The molecule has 0 saturated carbocycles. The fourth-order valence-corrected chi connectivity index (χ4v) is 2.45. The molecule has 1 aromatic heterocycles. The maximum absolute atomic E-state index is 12.0. The van der Waals surface area contributed by atoms with Gasteiger partial charge in [0.15, 0.2) is 0 Å². The second-order valence-corrected chi connectivity index (χ2v) is 6.00. The van der Waals surface area contributed by atoms with E-state index in [1.165, 1.54) is 19.3 Å². The average molecular weight is 389 g/mol. The van der Waals surface area contributed by atoms with Gasteiger partial charge in [-0.15, -0.1) is 0 Å². The van der Waals surface area contributed by atoms with Crippen molar-refractivity contribution in [2.45, 2.75) is 0 Å². The van der Waals surface area contributed by atoms with E-state index in [-0.39, 0.29) is 23.3 Å². The predicted molar refractivity (Wildman–Crippen MR) is 110 cm³/mol. The summed E-state index contributed by atoms with van der Waals surface area (Å²) in [6.45, 7) is 0. The van der Waals surface area contributed by atoms with Crippen LogP contribution in [0.2, 0.25) is 0 Å². The van der Waals surface area contributed by atoms with Crippen molar-refractivity contribution in [2.24, 2.45) is 0 Å². The quantitative estimate of drug-likeness (QED) is 0.560. The maximum atomic E-state index is 12.0. The van der Waals surface area contributed by atoms with Crippen LogP contribution in [-0.4, -0.2) is 29.0 Å². The molecule has 0 atom stereocenters. The lowest BCUT2D eigenvalue weighted by Gasteiger charge is -2.08. The molecule has 146 valence electrons. The smallest absolute Gasteiger partial charge is 0.269 e. The zero-order chi connectivity index (χ0) is 20.6. The van der Waals surface area contributed by atoms with Gasteiger partial charge < -0.3 is 20.5 Å². The third-order valence-electron chi connectivity index (χ3n) is 3.85. The number of anilines is 1. The van der Waals surface area contributed by atoms with Gasteiger partial charge in [-0.3, -0.25) is 14.6 Å². The molecule has 0 aliphatic rings. The summed E-state index contributed by atoms with van der Waals surface area (Å²) in [4.78, 5) is 27.7. The van der Waals surface area contributed by atoms with E-state index >= 15 is 0 Å². The molecule has 0 radical (unpaired) electrons. The Morgan fingerprint density at radius 3 is 2.55 bits per heavy atom. The van der Waals surface area contributed by atoms with Gasteiger partial charge in [0, 0.05) is 31.1 Å². The summed E-state index contributed by atoms with van der Waals surface area (Å²) in [5.74, 6) is 0.565. The second kappa shape index (κ2) is 9.18. The summed E-state index contributed by atoms with van der Waals surface area (Å²) in [5, 5.41) is 14.7. The van der Waals surface area contributed by atoms with Crippen molar-refractivity contribution in [2.75, 3.05) is 12.4 Å². The Labute approximate surface area is 167 Å². The monoisotopic (exact) mass is 389 g/mol. The molecule has 0 spiro atoms. The molecule has 0 fully saturated rings. The van der Waals surface area contributed by atoms with E-state index in [1.807, 2.05) is 0 Å². The van der Waals surface area contributed by atoms with Crippen molar-refractivity contribution in [3.63, 3.8) is 0 Å². The molecular weight excluding hydrogens is 370 g/mol. The maximum Gasteiger partial charge on any atom is 0.269 e. The van der Waals surface area contributed by atoms with Crippen molar-refractivity contribution in [3.8, 4) is 17.2 Å². The summed E-state index contributed by atoms with van der Waals surface area (Å²) in [5.41, 5.74) is 1.58. The zero-order valence-electron chi connectivity index (χ0n) is 15.6. The number of phenolic OH excluding ortho intramolecular Hbond substituents is 1. The fraction of sp³-hybridized carbons (Fsp3) is 0.0455. The lowest BCUT2D eigenvalue weighted by atomic mass is 10.2. The second-order valence-electron chi connectivity index (χ2n) is 6.00. The minimum atomic E-state index is -0.300. The van der Waals surface area contributed by atoms with Gasteiger partial charge in [-0.2, -0.15) is 0 Å². The van der Waals surface area contributed by atoms with Crippen LogP contribution in [0.1, 0.15) is 16.1 Å². The Kier molecular flexibility index (Phi) is 6.22. The number of hydrogen-bond donors (Lipinski definition) is 3. The predicted octanol–water partition coefficient (Wildman–Crippen LogP) is 3.59. The van der Waals surface area contributed by atoms with Crippen molar-refractivity contribution in [3.05, 3.63) is 84.2 Å². The Balaban J connectivity index is 1.60. The van der Waals surface area contributed by atoms with Crippen LogP contribution in [0.25, 0.3) is 6.08 Å². The number of ether oxygens (including phenoxy) is 1. The molecule has 7 heteroatoms. The van der Waals surface area contributed by atoms with Crippen LogP contribution >= 0.6 is 0 Å². The van der Waals surface area contributed by atoms with E-state index in [9.17, 15) is 14.7 Å². The molecule has 3 aromatic rings. The van der Waals surface area contributed by atoms with Gasteiger partial charge >= 0.3 is 0 Å². The topological polar surface area (TPSA) is 101 Å². The number of carbonyl (C=O) groups is 2. The Morgan fingerprint density at radius 1 is 1.03 bits per heavy atom. The SMILES string of the molecule is CNC(=O)c1cc(Oc2ccc(NC(=O)/C=C/c3cccc(O)c3)cc2)ccn1. The number of phenols is 1. The fourth-order valence-electron chi connectivity index (χ4n) is 2.45. The first-order valence-electron chi connectivity index (χ1n) is 8.77. The number of benzene rings is 2. The molecule has 0 bridgehead atoms. The summed E-state index contributed by atoms with van der Waals surface area (Å²) in [7, 11) is 1.53. The lowest BCUT2D eigenvalue weighted by molar-refractivity contribution is -0.111. The summed E-state index contributed by atoms with van der Waals surface area (Å²) in [6.07, 6.45) is 4.49. The Bertz CT molecular complexity index is 1050. The zero-order valence-corrected chi connectivity index (χ0v) is 15.6. The number of aromatic nitrogens is 1. The van der Waals surface area contributed by atoms with Crippen LogP contribution < -0.4 is 15.4 Å². The molecule has 2 aromatic carbocycles. The van der Waals surface area contributed by atoms with Gasteiger partial charge in [-0.05, 0) is 54.1 Å². The molecule has 3 rings (SSSR count). The first-order chi connectivity index (χ1) is 14.0. The number of hydrogen-bond acceptors (Lipinski definition) is 5. The number of rotatable bonds is 6. The van der Waals surface area contributed by atoms with Crippen LogP contribution in [0.15, 0.2) is 72.9 Å². The number of nitrogens with zero attached hydrogens (tertiary/aromatic N) is 1. The van der Waals surface area contributed by atoms with Crippen molar-refractivity contribution in [1.82, 2.24) is 10.3 Å². The van der Waals surface area contributed by atoms with Gasteiger partial charge in [0.1, 0.15) is 22.9 Å². The van der Waals surface area contributed by atoms with Crippen LogP contribution in [0.5, 0.6) is 17.2 Å². The van der Waals surface area contributed by atoms with Crippen molar-refractivity contribution >= 4 is 23.6 Å². The highest BCUT2D eigenvalue weighted by molar-refractivity contribution is 6.02. The standard InChI is InChI=1S/C22H19N3O4/c1-23-22(28)20-14-19(11-12-24-20)29-18-8-6-16(7-9-18)25-21(27)10-5-15-3-2-4-17(26)13-15/h2-14,26H,1H3,(H,23,28)(H,25,27)/b10-5+. The van der Waals surface area contributed by atoms with Gasteiger partial charge in [0.05, 0.1) is 0 Å². The van der Waals surface area contributed by atoms with E-state index < -0.39 is 0 Å². The summed E-state index contributed by atoms with van der Waals surface area (Å²) >= 11 is 0. The van der Waals surface area contributed by atoms with Gasteiger partial charge in [0.2, 0.25) is 5.91 Å². The third-order valence-corrected chi connectivity index (χ3v) is 3.85. The number of carbonyl (C=O) groups excluding carboxylic acids is 2. The average Bonchev–Trinajstić information content (AvgIpc) is 2.73. The van der Waals surface area contributed by atoms with E-state index in [0.717, 1.165) is 5.56 Å². The summed E-state index contributed by atoms with van der Waals surface area (Å²) in [6, 6.07) is 16.6. The number of amides is 2. The minimum absolute atomic E-state index is 0.139. The summed E-state index contributed by atoms with van der Waals surface area (Å²) < 4.78 is 5.72. The minimum Gasteiger partial charge on any atom is -0.508 e. The molecule has 1 heterocycles. The molecule has 0 aliphatic carbocycles. The molecule has 0 unspecified atom stereocenters. The Hall–Kier alpha value is -4.13. The molecular formula is C22H19N3O4. The molecule has 2 amide bonds. The van der Waals surface area contributed by atoms with Crippen LogP contribution in [-0.2, 0) is 4.79 Å². The van der Waals surface area contributed by atoms with Gasteiger partial charge in [-0.25, -0.2) is 0 Å². The van der Waals surface area contributed by atoms with Crippen LogP contribution in [0.3, 0.4) is 0 Å². The molecule has 29 heavy (non-hydrogen) atoms. The van der Waals surface area contributed by atoms with Crippen LogP contribution in [0, 0.1) is 0 Å². The van der Waals surface area contributed by atoms with E-state index in [1.54, 1.807) is 66.7 Å². The molecule has 0 saturated heterocycles. The van der Waals surface area contributed by atoms with E-state index in [4.69, 9.17) is 4.74 Å². The highest BCUT2D eigenvalue weighted by Gasteiger charge is 2.07. The van der Waals surface area contributed by atoms with Crippen molar-refractivity contribution in [1.29, 1.82) is 0 Å². The largest absolute Gasteiger partial charge is 0.508 e. The highest BCUT2D eigenvalue weighted by atomic mass is 16.5. The first-order valence-corrected chi connectivity index (χ1v) is 8.77. The highest BCUT2D eigenvalue weighted by Crippen LogP contribution is 2.23. The van der Waals surface area contributed by atoms with E-state index in [2.05, 4.69) is 15.6 Å². The number of aromatic hydroxyl groups is 1. The van der Waals surface area contributed by atoms with Crippen molar-refractivity contribution < 1.29 is 19.4 Å². The lowest BCUT2D eigenvalue weighted by Crippen LogP contribution is -2.18. The third kappa shape index (κ3) is 5.67. The molecule has 7 nitrogen and oxygen atoms in total. The van der Waals surface area contributed by atoms with E-state index in [0.29, 0.717) is 17.2 Å². The normalized spacial score (nSPS) is 10.5. The van der Waals surface area contributed by atoms with Gasteiger partial charge in [0.25, 0.3) is 5.91 Å². The number of nitrogens with one attached hydrogen (secondary N) is 2. The Morgan fingerprint density at radius 2 is 1.83 bits per heavy atom. The van der Waals surface area contributed by atoms with Crippen LogP contribution in [0.4, 0.5) is 5.69 Å². The van der Waals surface area contributed by atoms with Gasteiger partial charge in [-0.1, -0.05) is 12.1 Å². The molecule has 3 N–H and O–H groups in total. The first kappa shape index (κ1) is 19.6.